The number of hydrogen-bond donors (Lipinski definition) is 1. The summed E-state index contributed by atoms with van der Waals surface area (Å²) in [6.45, 7) is 0. The zero-order chi connectivity index (χ0) is 13.7. The average molecular weight is 273 g/mol. The molecule has 1 N–H and O–H groups in total. The summed E-state index contributed by atoms with van der Waals surface area (Å²) in [7, 11) is -3.80. The largest absolute Gasteiger partial charge is 0.259 e. The predicted molar refractivity (Wildman–Crippen MR) is 69.4 cm³/mol. The summed E-state index contributed by atoms with van der Waals surface area (Å²) in [5, 5.41) is 8.99. The number of nitrogens with one attached hydrogen (secondary N) is 1. The van der Waals surface area contributed by atoms with Gasteiger partial charge in [-0.15, -0.1) is 0 Å². The van der Waals surface area contributed by atoms with E-state index in [0.717, 1.165) is 0 Å². The van der Waals surface area contributed by atoms with E-state index in [1.54, 1.807) is 42.5 Å². The van der Waals surface area contributed by atoms with Crippen molar-refractivity contribution in [2.24, 2.45) is 0 Å². The Morgan fingerprint density at radius 2 is 1.79 bits per heavy atom. The SMILES string of the molecule is N#C[C@@H](NS(=O)(=O)c1ccccn1)c1ccccc1. The molecular formula is C13H11N3O2S. The Balaban J connectivity index is 2.28. The molecule has 2 aromatic rings. The van der Waals surface area contributed by atoms with E-state index >= 15 is 0 Å². The molecule has 0 radical (unpaired) electrons. The summed E-state index contributed by atoms with van der Waals surface area (Å²) in [5.74, 6) is 0. The Labute approximate surface area is 111 Å². The van der Waals surface area contributed by atoms with Gasteiger partial charge < -0.3 is 0 Å². The Hall–Kier alpha value is -2.23. The van der Waals surface area contributed by atoms with E-state index in [9.17, 15) is 8.42 Å². The van der Waals surface area contributed by atoms with Crippen molar-refractivity contribution in [2.75, 3.05) is 0 Å². The summed E-state index contributed by atoms with van der Waals surface area (Å²) in [5.41, 5.74) is 0.588. The average Bonchev–Trinajstić information content (AvgIpc) is 2.47. The lowest BCUT2D eigenvalue weighted by atomic mass is 10.1. The first-order valence-electron chi connectivity index (χ1n) is 5.51. The second-order valence-corrected chi connectivity index (χ2v) is 5.42. The van der Waals surface area contributed by atoms with Gasteiger partial charge >= 0.3 is 0 Å². The minimum Gasteiger partial charge on any atom is -0.243 e. The van der Waals surface area contributed by atoms with E-state index in [2.05, 4.69) is 9.71 Å². The van der Waals surface area contributed by atoms with E-state index < -0.39 is 16.1 Å². The third kappa shape index (κ3) is 3.16. The van der Waals surface area contributed by atoms with E-state index in [0.29, 0.717) is 5.56 Å². The maximum Gasteiger partial charge on any atom is 0.259 e. The first-order valence-corrected chi connectivity index (χ1v) is 7.00. The van der Waals surface area contributed by atoms with Crippen molar-refractivity contribution >= 4 is 10.0 Å². The van der Waals surface area contributed by atoms with Crippen LogP contribution in [-0.2, 0) is 10.0 Å². The van der Waals surface area contributed by atoms with Crippen molar-refractivity contribution in [1.29, 1.82) is 5.26 Å². The number of sulfonamides is 1. The number of rotatable bonds is 4. The van der Waals surface area contributed by atoms with Gasteiger partial charge in [-0.3, -0.25) is 0 Å². The van der Waals surface area contributed by atoms with Crippen LogP contribution >= 0.6 is 0 Å². The summed E-state index contributed by atoms with van der Waals surface area (Å²) in [4.78, 5) is 3.77. The van der Waals surface area contributed by atoms with Crippen molar-refractivity contribution in [1.82, 2.24) is 9.71 Å². The third-order valence-corrected chi connectivity index (χ3v) is 3.79. The first kappa shape index (κ1) is 13.2. The number of pyridine rings is 1. The molecule has 0 saturated carbocycles. The fraction of sp³-hybridized carbons (Fsp3) is 0.0769. The number of benzene rings is 1. The highest BCUT2D eigenvalue weighted by atomic mass is 32.2. The lowest BCUT2D eigenvalue weighted by molar-refractivity contribution is 0.571. The molecule has 5 nitrogen and oxygen atoms in total. The molecule has 1 heterocycles. The Bertz CT molecular complexity index is 679. The molecule has 1 aromatic heterocycles. The van der Waals surface area contributed by atoms with Crippen molar-refractivity contribution in [3.8, 4) is 6.07 Å². The van der Waals surface area contributed by atoms with E-state index in [1.807, 2.05) is 6.07 Å². The van der Waals surface area contributed by atoms with Crippen molar-refractivity contribution in [3.05, 3.63) is 60.3 Å². The fourth-order valence-corrected chi connectivity index (χ4v) is 2.61. The predicted octanol–water partition coefficient (Wildman–Crippen LogP) is 1.62. The van der Waals surface area contributed by atoms with Gasteiger partial charge in [0.25, 0.3) is 10.0 Å². The summed E-state index contributed by atoms with van der Waals surface area (Å²) in [6.07, 6.45) is 1.39. The van der Waals surface area contributed by atoms with Crippen LogP contribution in [0.2, 0.25) is 0 Å². The van der Waals surface area contributed by atoms with Crippen LogP contribution in [0.25, 0.3) is 0 Å². The van der Waals surface area contributed by atoms with Crippen LogP contribution in [0.4, 0.5) is 0 Å². The minimum absolute atomic E-state index is 0.105. The first-order chi connectivity index (χ1) is 9.13. The van der Waals surface area contributed by atoms with Crippen LogP contribution < -0.4 is 4.72 Å². The lowest BCUT2D eigenvalue weighted by Gasteiger charge is -2.11. The van der Waals surface area contributed by atoms with Gasteiger partial charge in [0.05, 0.1) is 6.07 Å². The zero-order valence-electron chi connectivity index (χ0n) is 9.89. The molecule has 0 aliphatic heterocycles. The molecule has 0 fully saturated rings. The summed E-state index contributed by atoms with van der Waals surface area (Å²) < 4.78 is 26.4. The third-order valence-electron chi connectivity index (χ3n) is 2.45. The van der Waals surface area contributed by atoms with Crippen LogP contribution in [0.3, 0.4) is 0 Å². The van der Waals surface area contributed by atoms with Crippen molar-refractivity contribution in [2.45, 2.75) is 11.1 Å². The molecule has 19 heavy (non-hydrogen) atoms. The van der Waals surface area contributed by atoms with Crippen LogP contribution in [0.15, 0.2) is 59.8 Å². The smallest absolute Gasteiger partial charge is 0.243 e. The van der Waals surface area contributed by atoms with Gasteiger partial charge in [0.2, 0.25) is 0 Å². The van der Waals surface area contributed by atoms with Crippen LogP contribution in [-0.4, -0.2) is 13.4 Å². The topological polar surface area (TPSA) is 82.9 Å². The molecule has 0 unspecified atom stereocenters. The van der Waals surface area contributed by atoms with Crippen LogP contribution in [0.1, 0.15) is 11.6 Å². The van der Waals surface area contributed by atoms with Gasteiger partial charge in [-0.1, -0.05) is 36.4 Å². The van der Waals surface area contributed by atoms with E-state index in [-0.39, 0.29) is 5.03 Å². The molecular weight excluding hydrogens is 262 g/mol. The molecule has 1 aromatic carbocycles. The highest BCUT2D eigenvalue weighted by molar-refractivity contribution is 7.89. The molecule has 1 atom stereocenters. The van der Waals surface area contributed by atoms with Gasteiger partial charge in [-0.05, 0) is 17.7 Å². The number of nitrogens with zero attached hydrogens (tertiary/aromatic N) is 2. The minimum atomic E-state index is -3.80. The zero-order valence-corrected chi connectivity index (χ0v) is 10.7. The molecule has 0 spiro atoms. The molecule has 2 rings (SSSR count). The molecule has 0 aliphatic rings. The highest BCUT2D eigenvalue weighted by Crippen LogP contribution is 2.15. The Kier molecular flexibility index (Phi) is 3.90. The second-order valence-electron chi connectivity index (χ2n) is 3.76. The molecule has 0 saturated heterocycles. The Morgan fingerprint density at radius 1 is 1.11 bits per heavy atom. The molecule has 96 valence electrons. The van der Waals surface area contributed by atoms with Gasteiger partial charge in [-0.2, -0.15) is 9.98 Å². The molecule has 0 bridgehead atoms. The van der Waals surface area contributed by atoms with Crippen molar-refractivity contribution < 1.29 is 8.42 Å². The van der Waals surface area contributed by atoms with Gasteiger partial charge in [0, 0.05) is 6.20 Å². The standard InChI is InChI=1S/C13H11N3O2S/c14-10-12(11-6-2-1-3-7-11)16-19(17,18)13-8-4-5-9-15-13/h1-9,12,16H/t12-/m1/s1. The molecule has 0 aliphatic carbocycles. The summed E-state index contributed by atoms with van der Waals surface area (Å²) >= 11 is 0. The second kappa shape index (κ2) is 5.61. The molecule has 6 heteroatoms. The quantitative estimate of drug-likeness (QED) is 0.917. The highest BCUT2D eigenvalue weighted by Gasteiger charge is 2.21. The summed E-state index contributed by atoms with van der Waals surface area (Å²) in [6, 6.07) is 14.2. The van der Waals surface area contributed by atoms with Crippen LogP contribution in [0.5, 0.6) is 0 Å². The van der Waals surface area contributed by atoms with Crippen LogP contribution in [0, 0.1) is 11.3 Å². The van der Waals surface area contributed by atoms with Gasteiger partial charge in [0.15, 0.2) is 5.03 Å². The monoisotopic (exact) mass is 273 g/mol. The van der Waals surface area contributed by atoms with E-state index in [4.69, 9.17) is 5.26 Å². The Morgan fingerprint density at radius 3 is 2.37 bits per heavy atom. The number of nitriles is 1. The van der Waals surface area contributed by atoms with E-state index in [1.165, 1.54) is 12.3 Å². The maximum atomic E-state index is 12.1. The van der Waals surface area contributed by atoms with Crippen molar-refractivity contribution in [3.63, 3.8) is 0 Å². The lowest BCUT2D eigenvalue weighted by Crippen LogP contribution is -2.28. The maximum absolute atomic E-state index is 12.1. The fourth-order valence-electron chi connectivity index (χ4n) is 1.54. The number of hydrogen-bond acceptors (Lipinski definition) is 4. The van der Waals surface area contributed by atoms with Gasteiger partial charge in [0.1, 0.15) is 6.04 Å². The normalized spacial score (nSPS) is 12.6. The molecule has 0 amide bonds. The number of aromatic nitrogens is 1. The van der Waals surface area contributed by atoms with Gasteiger partial charge in [-0.25, -0.2) is 13.4 Å².